The molecule has 1 aliphatic rings. The van der Waals surface area contributed by atoms with Crippen molar-refractivity contribution in [1.82, 2.24) is 10.6 Å². The van der Waals surface area contributed by atoms with E-state index in [9.17, 15) is 4.79 Å². The van der Waals surface area contributed by atoms with Crippen LogP contribution in [0.25, 0.3) is 0 Å². The van der Waals surface area contributed by atoms with Gasteiger partial charge in [0, 0.05) is 6.04 Å². The molecule has 0 saturated heterocycles. The molecule has 5 heteroatoms. The molecule has 4 N–H and O–H groups in total. The summed E-state index contributed by atoms with van der Waals surface area (Å²) in [5, 5.41) is 5.62. The first-order chi connectivity index (χ1) is 6.63. The third kappa shape index (κ3) is 3.14. The number of hydrogen-bond acceptors (Lipinski definition) is 2. The SMILES string of the molecule is CCC(NC(=O)NC1CCC1)C(N)=S. The molecule has 2 amide bonds. The van der Waals surface area contributed by atoms with Crippen LogP contribution in [0.3, 0.4) is 0 Å². The molecule has 0 aromatic carbocycles. The number of carbonyl (C=O) groups is 1. The largest absolute Gasteiger partial charge is 0.392 e. The van der Waals surface area contributed by atoms with Crippen molar-refractivity contribution in [2.45, 2.75) is 44.7 Å². The van der Waals surface area contributed by atoms with E-state index in [2.05, 4.69) is 10.6 Å². The minimum atomic E-state index is -0.190. The van der Waals surface area contributed by atoms with Gasteiger partial charge in [-0.25, -0.2) is 4.79 Å². The Hall–Kier alpha value is -0.840. The molecule has 0 radical (unpaired) electrons. The van der Waals surface area contributed by atoms with E-state index in [1.165, 1.54) is 6.42 Å². The first-order valence-corrected chi connectivity index (χ1v) is 5.40. The number of thiocarbonyl (C=S) groups is 1. The summed E-state index contributed by atoms with van der Waals surface area (Å²) < 4.78 is 0. The molecule has 1 saturated carbocycles. The van der Waals surface area contributed by atoms with Crippen LogP contribution in [0.2, 0.25) is 0 Å². The van der Waals surface area contributed by atoms with Gasteiger partial charge in [0.1, 0.15) is 0 Å². The van der Waals surface area contributed by atoms with Crippen molar-refractivity contribution in [3.05, 3.63) is 0 Å². The number of rotatable bonds is 4. The summed E-state index contributed by atoms with van der Waals surface area (Å²) in [6.07, 6.45) is 4.10. The molecule has 14 heavy (non-hydrogen) atoms. The molecule has 0 heterocycles. The van der Waals surface area contributed by atoms with E-state index in [0.717, 1.165) is 19.3 Å². The zero-order chi connectivity index (χ0) is 10.6. The van der Waals surface area contributed by atoms with Gasteiger partial charge in [0.2, 0.25) is 0 Å². The molecular formula is C9H17N3OS. The van der Waals surface area contributed by atoms with Crippen LogP contribution < -0.4 is 16.4 Å². The normalized spacial score (nSPS) is 18.1. The Balaban J connectivity index is 2.26. The summed E-state index contributed by atoms with van der Waals surface area (Å²) in [6.45, 7) is 1.94. The Bertz CT molecular complexity index is 228. The molecular weight excluding hydrogens is 198 g/mol. The van der Waals surface area contributed by atoms with E-state index in [1.807, 2.05) is 6.92 Å². The second-order valence-corrected chi connectivity index (χ2v) is 4.08. The van der Waals surface area contributed by atoms with Gasteiger partial charge in [0.15, 0.2) is 0 Å². The van der Waals surface area contributed by atoms with Crippen LogP contribution >= 0.6 is 12.2 Å². The Morgan fingerprint density at radius 3 is 2.64 bits per heavy atom. The smallest absolute Gasteiger partial charge is 0.315 e. The Morgan fingerprint density at radius 1 is 1.64 bits per heavy atom. The van der Waals surface area contributed by atoms with Gasteiger partial charge >= 0.3 is 6.03 Å². The molecule has 1 atom stereocenters. The Kier molecular flexibility index (Phi) is 4.13. The molecule has 80 valence electrons. The van der Waals surface area contributed by atoms with Gasteiger partial charge < -0.3 is 16.4 Å². The highest BCUT2D eigenvalue weighted by molar-refractivity contribution is 7.80. The van der Waals surface area contributed by atoms with Gasteiger partial charge in [0.05, 0.1) is 11.0 Å². The minimum absolute atomic E-state index is 0.158. The van der Waals surface area contributed by atoms with Crippen LogP contribution in [0.4, 0.5) is 4.79 Å². The maximum Gasteiger partial charge on any atom is 0.315 e. The lowest BCUT2D eigenvalue weighted by Crippen LogP contribution is -2.51. The average Bonchev–Trinajstić information content (AvgIpc) is 2.07. The van der Waals surface area contributed by atoms with Crippen molar-refractivity contribution in [3.63, 3.8) is 0 Å². The summed E-state index contributed by atoms with van der Waals surface area (Å²) >= 11 is 4.83. The maximum atomic E-state index is 11.4. The highest BCUT2D eigenvalue weighted by Crippen LogP contribution is 2.17. The Morgan fingerprint density at radius 2 is 2.29 bits per heavy atom. The monoisotopic (exact) mass is 215 g/mol. The van der Waals surface area contributed by atoms with E-state index >= 15 is 0 Å². The van der Waals surface area contributed by atoms with Crippen molar-refractivity contribution in [3.8, 4) is 0 Å². The zero-order valence-electron chi connectivity index (χ0n) is 8.38. The van der Waals surface area contributed by atoms with Crippen LogP contribution in [0.5, 0.6) is 0 Å². The molecule has 0 aromatic heterocycles. The minimum Gasteiger partial charge on any atom is -0.392 e. The van der Waals surface area contributed by atoms with Crippen LogP contribution in [0.15, 0.2) is 0 Å². The van der Waals surface area contributed by atoms with Gasteiger partial charge in [-0.2, -0.15) is 0 Å². The lowest BCUT2D eigenvalue weighted by molar-refractivity contribution is 0.227. The standard InChI is InChI=1S/C9H17N3OS/c1-2-7(8(10)14)12-9(13)11-6-4-3-5-6/h6-7H,2-5H2,1H3,(H2,10,14)(H2,11,12,13). The number of nitrogens with one attached hydrogen (secondary N) is 2. The summed E-state index contributed by atoms with van der Waals surface area (Å²) in [6, 6.07) is -0.00159. The van der Waals surface area contributed by atoms with Crippen LogP contribution in [0.1, 0.15) is 32.6 Å². The molecule has 0 aromatic rings. The number of amides is 2. The first-order valence-electron chi connectivity index (χ1n) is 4.99. The van der Waals surface area contributed by atoms with Gasteiger partial charge in [-0.1, -0.05) is 19.1 Å². The molecule has 1 fully saturated rings. The summed E-state index contributed by atoms with van der Waals surface area (Å²) in [4.78, 5) is 11.7. The lowest BCUT2D eigenvalue weighted by Gasteiger charge is -2.27. The van der Waals surface area contributed by atoms with Gasteiger partial charge in [-0.05, 0) is 25.7 Å². The van der Waals surface area contributed by atoms with E-state index in [4.69, 9.17) is 18.0 Å². The molecule has 1 rings (SSSR count). The summed E-state index contributed by atoms with van der Waals surface area (Å²) in [5.74, 6) is 0. The predicted molar refractivity (Wildman–Crippen MR) is 60.2 cm³/mol. The third-order valence-corrected chi connectivity index (χ3v) is 2.78. The zero-order valence-corrected chi connectivity index (χ0v) is 9.19. The van der Waals surface area contributed by atoms with E-state index in [0.29, 0.717) is 11.0 Å². The highest BCUT2D eigenvalue weighted by Gasteiger charge is 2.20. The fraction of sp³-hybridized carbons (Fsp3) is 0.778. The third-order valence-electron chi connectivity index (χ3n) is 2.50. The van der Waals surface area contributed by atoms with Crippen molar-refractivity contribution in [2.75, 3.05) is 0 Å². The Labute approximate surface area is 89.6 Å². The topological polar surface area (TPSA) is 67.2 Å². The van der Waals surface area contributed by atoms with E-state index < -0.39 is 0 Å². The van der Waals surface area contributed by atoms with Crippen molar-refractivity contribution in [2.24, 2.45) is 5.73 Å². The van der Waals surface area contributed by atoms with Gasteiger partial charge in [-0.3, -0.25) is 0 Å². The molecule has 0 aliphatic heterocycles. The van der Waals surface area contributed by atoms with E-state index in [-0.39, 0.29) is 12.1 Å². The van der Waals surface area contributed by atoms with Crippen molar-refractivity contribution < 1.29 is 4.79 Å². The van der Waals surface area contributed by atoms with Crippen molar-refractivity contribution >= 4 is 23.2 Å². The van der Waals surface area contributed by atoms with Crippen LogP contribution in [-0.4, -0.2) is 23.1 Å². The highest BCUT2D eigenvalue weighted by atomic mass is 32.1. The van der Waals surface area contributed by atoms with Crippen LogP contribution in [0, 0.1) is 0 Å². The first kappa shape index (κ1) is 11.2. The van der Waals surface area contributed by atoms with Gasteiger partial charge in [0.25, 0.3) is 0 Å². The predicted octanol–water partition coefficient (Wildman–Crippen LogP) is 0.903. The number of carbonyl (C=O) groups excluding carboxylic acids is 1. The number of hydrogen-bond donors (Lipinski definition) is 3. The van der Waals surface area contributed by atoms with Gasteiger partial charge in [-0.15, -0.1) is 0 Å². The molecule has 0 bridgehead atoms. The van der Waals surface area contributed by atoms with E-state index in [1.54, 1.807) is 0 Å². The quantitative estimate of drug-likeness (QED) is 0.610. The molecule has 0 spiro atoms. The number of nitrogens with two attached hydrogens (primary N) is 1. The molecule has 4 nitrogen and oxygen atoms in total. The fourth-order valence-electron chi connectivity index (χ4n) is 1.31. The average molecular weight is 215 g/mol. The molecule has 1 unspecified atom stereocenters. The second kappa shape index (κ2) is 5.14. The fourth-order valence-corrected chi connectivity index (χ4v) is 1.54. The summed E-state index contributed by atoms with van der Waals surface area (Å²) in [5.41, 5.74) is 5.46. The second-order valence-electron chi connectivity index (χ2n) is 3.61. The van der Waals surface area contributed by atoms with Crippen molar-refractivity contribution in [1.29, 1.82) is 0 Å². The maximum absolute atomic E-state index is 11.4. The lowest BCUT2D eigenvalue weighted by atomic mass is 9.93. The van der Waals surface area contributed by atoms with Crippen LogP contribution in [-0.2, 0) is 0 Å². The molecule has 1 aliphatic carbocycles. The summed E-state index contributed by atoms with van der Waals surface area (Å²) in [7, 11) is 0. The number of urea groups is 1.